The predicted molar refractivity (Wildman–Crippen MR) is 179 cm³/mol. The van der Waals surface area contributed by atoms with E-state index in [1.165, 1.54) is 19.1 Å². The highest BCUT2D eigenvalue weighted by Crippen LogP contribution is 2.37. The lowest BCUT2D eigenvalue weighted by Gasteiger charge is -2.30. The van der Waals surface area contributed by atoms with Crippen LogP contribution < -0.4 is 10.6 Å². The zero-order valence-electron chi connectivity index (χ0n) is 27.2. The SMILES string of the molecule is COC(=O)NC(C(=O)N1CCCC1c1nc2c([nH]1)CCc1cc(C#Cc3ccc(-c4cnc(C5CCCN5)[nH]4)cc3)ccc1-2)C(C)C. The Hall–Kier alpha value is -4.88. The van der Waals surface area contributed by atoms with Crippen molar-refractivity contribution in [2.75, 3.05) is 20.2 Å². The Morgan fingerprint density at radius 3 is 2.57 bits per heavy atom. The van der Waals surface area contributed by atoms with Gasteiger partial charge in [-0.15, -0.1) is 0 Å². The molecule has 7 rings (SSSR count). The van der Waals surface area contributed by atoms with Crippen LogP contribution in [0.5, 0.6) is 0 Å². The first kappa shape index (κ1) is 30.8. The first-order valence-corrected chi connectivity index (χ1v) is 16.7. The number of hydrogen-bond donors (Lipinski definition) is 4. The van der Waals surface area contributed by atoms with Crippen LogP contribution in [0.15, 0.2) is 48.7 Å². The molecule has 2 saturated heterocycles. The fourth-order valence-electron chi connectivity index (χ4n) is 7.01. The predicted octanol–water partition coefficient (Wildman–Crippen LogP) is 5.43. The zero-order valence-corrected chi connectivity index (χ0v) is 27.2. The molecular formula is C37H41N7O3. The molecule has 2 fully saturated rings. The number of methoxy groups -OCH3 is 1. The average molecular weight is 632 g/mol. The van der Waals surface area contributed by atoms with Crippen molar-refractivity contribution >= 4 is 12.0 Å². The van der Waals surface area contributed by atoms with Crippen molar-refractivity contribution in [3.05, 3.63) is 82.7 Å². The maximum absolute atomic E-state index is 13.6. The first-order valence-electron chi connectivity index (χ1n) is 16.7. The van der Waals surface area contributed by atoms with Crippen molar-refractivity contribution in [2.24, 2.45) is 5.92 Å². The molecule has 10 heteroatoms. The van der Waals surface area contributed by atoms with Crippen LogP contribution in [0.25, 0.3) is 22.5 Å². The van der Waals surface area contributed by atoms with E-state index in [4.69, 9.17) is 9.72 Å². The smallest absolute Gasteiger partial charge is 0.407 e. The summed E-state index contributed by atoms with van der Waals surface area (Å²) in [6, 6.07) is 14.1. The summed E-state index contributed by atoms with van der Waals surface area (Å²) in [7, 11) is 1.31. The molecule has 0 saturated carbocycles. The van der Waals surface area contributed by atoms with Crippen molar-refractivity contribution in [2.45, 2.75) is 70.5 Å². The summed E-state index contributed by atoms with van der Waals surface area (Å²) in [5, 5.41) is 6.21. The van der Waals surface area contributed by atoms with E-state index in [-0.39, 0.29) is 17.9 Å². The number of benzene rings is 2. The lowest BCUT2D eigenvalue weighted by Crippen LogP contribution is -2.51. The fraction of sp³-hybridized carbons (Fsp3) is 0.405. The highest BCUT2D eigenvalue weighted by Gasteiger charge is 2.38. The summed E-state index contributed by atoms with van der Waals surface area (Å²) in [6.07, 6.45) is 7.06. The van der Waals surface area contributed by atoms with E-state index in [0.717, 1.165) is 89.6 Å². The molecule has 2 aliphatic heterocycles. The van der Waals surface area contributed by atoms with Gasteiger partial charge in [0.25, 0.3) is 0 Å². The number of aromatic amines is 2. The number of imidazole rings is 2. The largest absolute Gasteiger partial charge is 0.453 e. The van der Waals surface area contributed by atoms with E-state index in [9.17, 15) is 9.59 Å². The summed E-state index contributed by atoms with van der Waals surface area (Å²) >= 11 is 0. The minimum atomic E-state index is -0.658. The number of ether oxygens (including phenoxy) is 1. The van der Waals surface area contributed by atoms with Crippen molar-refractivity contribution < 1.29 is 14.3 Å². The molecule has 4 aromatic rings. The summed E-state index contributed by atoms with van der Waals surface area (Å²) in [5.74, 6) is 8.31. The fourth-order valence-corrected chi connectivity index (χ4v) is 7.01. The van der Waals surface area contributed by atoms with E-state index in [0.29, 0.717) is 12.6 Å². The number of nitrogens with one attached hydrogen (secondary N) is 4. The van der Waals surface area contributed by atoms with Gasteiger partial charge in [0.15, 0.2) is 0 Å². The average Bonchev–Trinajstić information content (AvgIpc) is 3.91. The standard InChI is InChI=1S/C37H41N7O3/c1-22(2)32(43-37(46)47-3)36(45)44-19-5-7-31(44)35-40-28-17-15-26-20-24(12-16-27(26)33(28)42-35)9-8-23-10-13-25(14-11-23)30-21-39-34(41-30)29-6-4-18-38-29/h10-14,16,20-22,29,31-32,38H,4-7,15,17-19H2,1-3H3,(H,39,41)(H,40,42)(H,43,46). The Bertz CT molecular complexity index is 1840. The van der Waals surface area contributed by atoms with Crippen molar-refractivity contribution in [3.63, 3.8) is 0 Å². The van der Waals surface area contributed by atoms with Gasteiger partial charge in [-0.25, -0.2) is 14.8 Å². The lowest BCUT2D eigenvalue weighted by molar-refractivity contribution is -0.135. The molecule has 4 heterocycles. The van der Waals surface area contributed by atoms with Crippen molar-refractivity contribution in [1.29, 1.82) is 0 Å². The molecule has 4 N–H and O–H groups in total. The quantitative estimate of drug-likeness (QED) is 0.210. The number of H-pyrrole nitrogens is 2. The van der Waals surface area contributed by atoms with Crippen LogP contribution in [0, 0.1) is 17.8 Å². The second-order valence-corrected chi connectivity index (χ2v) is 13.0. The minimum Gasteiger partial charge on any atom is -0.453 e. The Morgan fingerprint density at radius 1 is 1.00 bits per heavy atom. The lowest BCUT2D eigenvalue weighted by atomic mass is 9.91. The molecular weight excluding hydrogens is 590 g/mol. The third-order valence-corrected chi connectivity index (χ3v) is 9.58. The summed E-state index contributed by atoms with van der Waals surface area (Å²) in [5.41, 5.74) is 8.44. The zero-order chi connectivity index (χ0) is 32.5. The van der Waals surface area contributed by atoms with E-state index < -0.39 is 12.1 Å². The molecule has 3 atom stereocenters. The molecule has 2 aromatic carbocycles. The number of alkyl carbamates (subject to hydrolysis) is 1. The second kappa shape index (κ2) is 13.1. The monoisotopic (exact) mass is 631 g/mol. The van der Waals surface area contributed by atoms with Gasteiger partial charge in [0, 0.05) is 28.9 Å². The molecule has 2 amide bonds. The molecule has 0 bridgehead atoms. The van der Waals surface area contributed by atoms with Crippen LogP contribution in [0.1, 0.15) is 85.6 Å². The second-order valence-electron chi connectivity index (χ2n) is 13.0. The van der Waals surface area contributed by atoms with Gasteiger partial charge in [0.1, 0.15) is 17.7 Å². The summed E-state index contributed by atoms with van der Waals surface area (Å²) < 4.78 is 4.77. The molecule has 47 heavy (non-hydrogen) atoms. The van der Waals surface area contributed by atoms with E-state index in [1.807, 2.05) is 24.9 Å². The molecule has 10 nitrogen and oxygen atoms in total. The molecule has 0 radical (unpaired) electrons. The number of rotatable bonds is 6. The van der Waals surface area contributed by atoms with Gasteiger partial charge in [-0.1, -0.05) is 43.9 Å². The third kappa shape index (κ3) is 6.28. The highest BCUT2D eigenvalue weighted by molar-refractivity contribution is 5.86. The van der Waals surface area contributed by atoms with Crippen LogP contribution in [0.3, 0.4) is 0 Å². The Morgan fingerprint density at radius 2 is 1.81 bits per heavy atom. The molecule has 1 aliphatic carbocycles. The number of carbonyl (C=O) groups is 2. The molecule has 3 aliphatic rings. The first-order chi connectivity index (χ1) is 22.9. The van der Waals surface area contributed by atoms with E-state index in [1.54, 1.807) is 0 Å². The van der Waals surface area contributed by atoms with Gasteiger partial charge in [0.05, 0.1) is 36.8 Å². The highest BCUT2D eigenvalue weighted by atomic mass is 16.5. The van der Waals surface area contributed by atoms with Crippen LogP contribution in [-0.2, 0) is 22.4 Å². The number of aryl methyl sites for hydroxylation is 2. The van der Waals surface area contributed by atoms with E-state index >= 15 is 0 Å². The van der Waals surface area contributed by atoms with Gasteiger partial charge >= 0.3 is 6.09 Å². The number of fused-ring (bicyclic) bond motifs is 3. The Kier molecular flexibility index (Phi) is 8.56. The molecule has 3 unspecified atom stereocenters. The molecule has 2 aromatic heterocycles. The van der Waals surface area contributed by atoms with Gasteiger partial charge < -0.3 is 30.2 Å². The molecule has 0 spiro atoms. The maximum atomic E-state index is 13.6. The number of amides is 2. The normalized spacial score (nSPS) is 19.1. The van der Waals surface area contributed by atoms with Crippen LogP contribution >= 0.6 is 0 Å². The Balaban J connectivity index is 1.05. The summed E-state index contributed by atoms with van der Waals surface area (Å²) in [4.78, 5) is 44.1. The number of nitrogens with zero attached hydrogens (tertiary/aromatic N) is 3. The molecule has 242 valence electrons. The Labute approximate surface area is 275 Å². The van der Waals surface area contributed by atoms with Crippen molar-refractivity contribution in [1.82, 2.24) is 35.5 Å². The van der Waals surface area contributed by atoms with E-state index in [2.05, 4.69) is 79.9 Å². The van der Waals surface area contributed by atoms with Crippen LogP contribution in [-0.4, -0.2) is 63.1 Å². The van der Waals surface area contributed by atoms with Gasteiger partial charge in [-0.05, 0) is 86.4 Å². The summed E-state index contributed by atoms with van der Waals surface area (Å²) in [6.45, 7) is 5.52. The van der Waals surface area contributed by atoms with Gasteiger partial charge in [-0.3, -0.25) is 4.79 Å². The minimum absolute atomic E-state index is 0.0781. The van der Waals surface area contributed by atoms with Gasteiger partial charge in [0.2, 0.25) is 5.91 Å². The van der Waals surface area contributed by atoms with Crippen molar-refractivity contribution in [3.8, 4) is 34.4 Å². The third-order valence-electron chi connectivity index (χ3n) is 9.58. The number of hydrogen-bond acceptors (Lipinski definition) is 6. The van der Waals surface area contributed by atoms with Crippen LogP contribution in [0.4, 0.5) is 4.79 Å². The number of aromatic nitrogens is 4. The van der Waals surface area contributed by atoms with Crippen LogP contribution in [0.2, 0.25) is 0 Å². The number of likely N-dealkylation sites (tertiary alicyclic amines) is 1. The van der Waals surface area contributed by atoms with Gasteiger partial charge in [-0.2, -0.15) is 0 Å². The maximum Gasteiger partial charge on any atom is 0.407 e. The topological polar surface area (TPSA) is 128 Å². The number of carbonyl (C=O) groups excluding carboxylic acids is 2.